The van der Waals surface area contributed by atoms with Gasteiger partial charge in [-0.3, -0.25) is 5.41 Å². The molecule has 102 valence electrons. The highest BCUT2D eigenvalue weighted by Gasteiger charge is 2.02. The molecular formula is C16H17N3O. The number of hydrogen-bond donors (Lipinski definition) is 4. The lowest BCUT2D eigenvalue weighted by Crippen LogP contribution is -2.10. The molecule has 4 nitrogen and oxygen atoms in total. The lowest BCUT2D eigenvalue weighted by Gasteiger charge is -2.04. The standard InChI is InChI=1S/C16H17N3O/c17-14-7-2-1-4-11(14)5-3-6-12-10-13(16(18)19)8-9-15(12)20/h1-4,6-10,20H,5,17H2,(H3,18,19)/b6-3+. The third-order valence-corrected chi connectivity index (χ3v) is 3.03. The molecule has 0 saturated heterocycles. The third kappa shape index (κ3) is 3.17. The minimum Gasteiger partial charge on any atom is -0.507 e. The summed E-state index contributed by atoms with van der Waals surface area (Å²) in [5.41, 5.74) is 14.3. The van der Waals surface area contributed by atoms with E-state index in [0.717, 1.165) is 11.3 Å². The first kappa shape index (κ1) is 13.7. The van der Waals surface area contributed by atoms with E-state index in [1.54, 1.807) is 18.2 Å². The number of allylic oxidation sites excluding steroid dienone is 1. The smallest absolute Gasteiger partial charge is 0.122 e. The molecule has 0 unspecified atom stereocenters. The molecule has 20 heavy (non-hydrogen) atoms. The molecule has 0 aromatic heterocycles. The molecule has 2 rings (SSSR count). The van der Waals surface area contributed by atoms with Crippen LogP contribution in [-0.2, 0) is 6.42 Å². The highest BCUT2D eigenvalue weighted by atomic mass is 16.3. The van der Waals surface area contributed by atoms with Gasteiger partial charge in [0.05, 0.1) is 0 Å². The fourth-order valence-electron chi connectivity index (χ4n) is 1.89. The largest absolute Gasteiger partial charge is 0.507 e. The molecule has 0 heterocycles. The van der Waals surface area contributed by atoms with Gasteiger partial charge in [0.1, 0.15) is 11.6 Å². The van der Waals surface area contributed by atoms with Gasteiger partial charge in [0.15, 0.2) is 0 Å². The van der Waals surface area contributed by atoms with E-state index in [2.05, 4.69) is 0 Å². The lowest BCUT2D eigenvalue weighted by atomic mass is 10.1. The molecule has 2 aromatic carbocycles. The van der Waals surface area contributed by atoms with Gasteiger partial charge in [0.2, 0.25) is 0 Å². The van der Waals surface area contributed by atoms with Crippen molar-refractivity contribution in [2.45, 2.75) is 6.42 Å². The summed E-state index contributed by atoms with van der Waals surface area (Å²) in [5.74, 6) is 0.138. The Labute approximate surface area is 117 Å². The van der Waals surface area contributed by atoms with Crippen LogP contribution in [0.25, 0.3) is 6.08 Å². The number of aromatic hydroxyl groups is 1. The second-order valence-corrected chi connectivity index (χ2v) is 4.49. The summed E-state index contributed by atoms with van der Waals surface area (Å²) in [6.07, 6.45) is 4.40. The van der Waals surface area contributed by atoms with Crippen LogP contribution in [0.3, 0.4) is 0 Å². The predicted molar refractivity (Wildman–Crippen MR) is 82.7 cm³/mol. The second-order valence-electron chi connectivity index (χ2n) is 4.49. The fourth-order valence-corrected chi connectivity index (χ4v) is 1.89. The topological polar surface area (TPSA) is 96.1 Å². The number of nitrogen functional groups attached to an aromatic ring is 2. The van der Waals surface area contributed by atoms with Crippen molar-refractivity contribution < 1.29 is 5.11 Å². The summed E-state index contributed by atoms with van der Waals surface area (Å²) in [7, 11) is 0. The van der Waals surface area contributed by atoms with Crippen molar-refractivity contribution in [3.8, 4) is 5.75 Å². The Balaban J connectivity index is 2.17. The maximum absolute atomic E-state index is 9.78. The Bertz CT molecular complexity index is 663. The van der Waals surface area contributed by atoms with Crippen LogP contribution < -0.4 is 11.5 Å². The molecule has 0 aliphatic carbocycles. The summed E-state index contributed by atoms with van der Waals surface area (Å²) in [5, 5.41) is 17.2. The zero-order valence-electron chi connectivity index (χ0n) is 11.0. The third-order valence-electron chi connectivity index (χ3n) is 3.03. The minimum atomic E-state index is -0.0213. The first-order chi connectivity index (χ1) is 9.58. The van der Waals surface area contributed by atoms with Crippen LogP contribution in [0.15, 0.2) is 48.5 Å². The Morgan fingerprint density at radius 1 is 1.20 bits per heavy atom. The van der Waals surface area contributed by atoms with Gasteiger partial charge in [0, 0.05) is 16.8 Å². The maximum Gasteiger partial charge on any atom is 0.122 e. The zero-order chi connectivity index (χ0) is 14.5. The van der Waals surface area contributed by atoms with Crippen molar-refractivity contribution in [1.82, 2.24) is 0 Å². The average Bonchev–Trinajstić information content (AvgIpc) is 2.42. The molecular weight excluding hydrogens is 250 g/mol. The van der Waals surface area contributed by atoms with Crippen LogP contribution in [-0.4, -0.2) is 10.9 Å². The Hall–Kier alpha value is -2.75. The molecule has 0 aliphatic heterocycles. The number of hydrogen-bond acceptors (Lipinski definition) is 3. The number of benzene rings is 2. The summed E-state index contributed by atoms with van der Waals surface area (Å²) < 4.78 is 0. The molecule has 2 aromatic rings. The van der Waals surface area contributed by atoms with E-state index in [1.165, 1.54) is 6.07 Å². The SMILES string of the molecule is N=C(N)c1ccc(O)c(/C=C/Cc2ccccc2N)c1. The number of nitrogens with two attached hydrogens (primary N) is 2. The van der Waals surface area contributed by atoms with Crippen LogP contribution in [0.5, 0.6) is 5.75 Å². The Kier molecular flexibility index (Phi) is 4.05. The van der Waals surface area contributed by atoms with Crippen LogP contribution in [0.1, 0.15) is 16.7 Å². The zero-order valence-corrected chi connectivity index (χ0v) is 11.0. The monoisotopic (exact) mass is 267 g/mol. The average molecular weight is 267 g/mol. The van der Waals surface area contributed by atoms with E-state index in [9.17, 15) is 5.11 Å². The first-order valence-electron chi connectivity index (χ1n) is 6.25. The first-order valence-corrected chi connectivity index (χ1v) is 6.25. The molecule has 0 bridgehead atoms. The van der Waals surface area contributed by atoms with Gasteiger partial charge in [-0.15, -0.1) is 0 Å². The highest BCUT2D eigenvalue weighted by Crippen LogP contribution is 2.20. The van der Waals surface area contributed by atoms with Gasteiger partial charge in [-0.1, -0.05) is 30.4 Å². The van der Waals surface area contributed by atoms with Crippen LogP contribution in [0.4, 0.5) is 5.69 Å². The highest BCUT2D eigenvalue weighted by molar-refractivity contribution is 5.95. The predicted octanol–water partition coefficient (Wildman–Crippen LogP) is 2.51. The Morgan fingerprint density at radius 2 is 1.95 bits per heavy atom. The second kappa shape index (κ2) is 5.93. The van der Waals surface area contributed by atoms with Gasteiger partial charge in [-0.2, -0.15) is 0 Å². The summed E-state index contributed by atoms with van der Waals surface area (Å²) in [6.45, 7) is 0. The molecule has 0 fully saturated rings. The van der Waals surface area contributed by atoms with Gasteiger partial charge in [-0.05, 0) is 36.2 Å². The van der Waals surface area contributed by atoms with Gasteiger partial charge >= 0.3 is 0 Å². The van der Waals surface area contributed by atoms with Crippen molar-refractivity contribution in [1.29, 1.82) is 5.41 Å². The maximum atomic E-state index is 9.78. The molecule has 0 radical (unpaired) electrons. The summed E-state index contributed by atoms with van der Waals surface area (Å²) in [4.78, 5) is 0. The quantitative estimate of drug-likeness (QED) is 0.389. The van der Waals surface area contributed by atoms with E-state index >= 15 is 0 Å². The van der Waals surface area contributed by atoms with E-state index in [0.29, 0.717) is 17.5 Å². The molecule has 0 aliphatic rings. The van der Waals surface area contributed by atoms with E-state index < -0.39 is 0 Å². The van der Waals surface area contributed by atoms with Crippen molar-refractivity contribution in [3.05, 3.63) is 65.2 Å². The summed E-state index contributed by atoms with van der Waals surface area (Å²) >= 11 is 0. The van der Waals surface area contributed by atoms with Crippen LogP contribution >= 0.6 is 0 Å². The van der Waals surface area contributed by atoms with Crippen molar-refractivity contribution in [2.24, 2.45) is 5.73 Å². The lowest BCUT2D eigenvalue weighted by molar-refractivity contribution is 0.474. The van der Waals surface area contributed by atoms with Crippen molar-refractivity contribution in [2.75, 3.05) is 5.73 Å². The summed E-state index contributed by atoms with van der Waals surface area (Å²) in [6, 6.07) is 12.5. The number of anilines is 1. The van der Waals surface area contributed by atoms with E-state index in [-0.39, 0.29) is 11.6 Å². The van der Waals surface area contributed by atoms with E-state index in [1.807, 2.05) is 30.3 Å². The van der Waals surface area contributed by atoms with Crippen molar-refractivity contribution >= 4 is 17.6 Å². The molecule has 4 heteroatoms. The molecule has 0 spiro atoms. The van der Waals surface area contributed by atoms with E-state index in [4.69, 9.17) is 16.9 Å². The van der Waals surface area contributed by atoms with Gasteiger partial charge in [0.25, 0.3) is 0 Å². The number of phenolic OH excluding ortho intramolecular Hbond substituents is 1. The number of phenols is 1. The number of nitrogens with one attached hydrogen (secondary N) is 1. The molecule has 0 atom stereocenters. The minimum absolute atomic E-state index is 0.0213. The molecule has 6 N–H and O–H groups in total. The number of para-hydroxylation sites is 1. The van der Waals surface area contributed by atoms with Crippen LogP contribution in [0, 0.1) is 5.41 Å². The fraction of sp³-hybridized carbons (Fsp3) is 0.0625. The number of rotatable bonds is 4. The number of amidine groups is 1. The molecule has 0 saturated carbocycles. The normalized spacial score (nSPS) is 10.8. The van der Waals surface area contributed by atoms with Gasteiger partial charge < -0.3 is 16.6 Å². The Morgan fingerprint density at radius 3 is 2.65 bits per heavy atom. The molecule has 0 amide bonds. The van der Waals surface area contributed by atoms with Crippen LogP contribution in [0.2, 0.25) is 0 Å². The van der Waals surface area contributed by atoms with Crippen molar-refractivity contribution in [3.63, 3.8) is 0 Å². The van der Waals surface area contributed by atoms with Gasteiger partial charge in [-0.25, -0.2) is 0 Å².